The van der Waals surface area contributed by atoms with Crippen LogP contribution in [-0.4, -0.2) is 32.0 Å². The second-order valence-electron chi connectivity index (χ2n) is 8.48. The average Bonchev–Trinajstić information content (AvgIpc) is 3.65. The molecular weight excluding hydrogens is 579 g/mol. The third-order valence-corrected chi connectivity index (χ3v) is 8.76. The topological polar surface area (TPSA) is 109 Å². The number of pyridine rings is 1. The molecule has 1 N–H and O–H groups in total. The number of thioether (sulfide) groups is 1. The second-order valence-corrected chi connectivity index (χ2v) is 11.5. The maximum absolute atomic E-state index is 13.7. The van der Waals surface area contributed by atoms with Crippen LogP contribution in [-0.2, 0) is 10.5 Å². The highest BCUT2D eigenvalue weighted by Gasteiger charge is 2.47. The molecule has 0 fully saturated rings. The molecule has 0 saturated heterocycles. The first-order valence-electron chi connectivity index (χ1n) is 11.5. The molecule has 8 nitrogen and oxygen atoms in total. The summed E-state index contributed by atoms with van der Waals surface area (Å²) in [6, 6.07) is 16.4. The Morgan fingerprint density at radius 3 is 2.72 bits per heavy atom. The number of aliphatic hydroxyl groups excluding tert-OH is 1. The van der Waals surface area contributed by atoms with E-state index in [0.717, 1.165) is 22.3 Å². The summed E-state index contributed by atoms with van der Waals surface area (Å²) in [5.74, 6) is -1.54. The van der Waals surface area contributed by atoms with Crippen molar-refractivity contribution in [3.63, 3.8) is 0 Å². The van der Waals surface area contributed by atoms with Crippen molar-refractivity contribution in [2.24, 2.45) is 0 Å². The summed E-state index contributed by atoms with van der Waals surface area (Å²) in [5, 5.41) is 21.4. The molecule has 1 aliphatic rings. The average molecular weight is 595 g/mol. The Balaban J connectivity index is 1.34. The van der Waals surface area contributed by atoms with Gasteiger partial charge in [-0.15, -0.1) is 10.2 Å². The lowest BCUT2D eigenvalue weighted by atomic mass is 9.96. The van der Waals surface area contributed by atoms with Gasteiger partial charge in [0.15, 0.2) is 15.9 Å². The zero-order valence-electron chi connectivity index (χ0n) is 19.7. The molecule has 0 spiro atoms. The zero-order chi connectivity index (χ0) is 27.1. The molecule has 6 rings (SSSR count). The van der Waals surface area contributed by atoms with Gasteiger partial charge in [0.1, 0.15) is 5.58 Å². The fourth-order valence-corrected chi connectivity index (χ4v) is 6.68. The fourth-order valence-electron chi connectivity index (χ4n) is 4.25. The van der Waals surface area contributed by atoms with Crippen LogP contribution in [0.15, 0.2) is 93.1 Å². The number of nitrogens with zero attached hydrogens (tertiary/aromatic N) is 4. The molecule has 1 atom stereocenters. The predicted molar refractivity (Wildman–Crippen MR) is 151 cm³/mol. The number of ketones is 1. The number of anilines is 1. The standard InChI is InChI=1S/C27H16Cl2N4O4S2/c28-17-8-7-16(18(29)11-17)13-38-27-32-31-26(39-27)33-22(15-5-3-9-30-12-15)21(24(35)25(33)36)23(34)20-10-14-4-1-2-6-19(14)37-20/h1-12,22,35H,13H2. The largest absolute Gasteiger partial charge is 0.503 e. The molecule has 0 radical (unpaired) electrons. The van der Waals surface area contributed by atoms with E-state index in [9.17, 15) is 14.7 Å². The van der Waals surface area contributed by atoms with Gasteiger partial charge in [-0.2, -0.15) is 0 Å². The summed E-state index contributed by atoms with van der Waals surface area (Å²) in [6.07, 6.45) is 3.12. The third-order valence-electron chi connectivity index (χ3n) is 6.07. The van der Waals surface area contributed by atoms with E-state index in [2.05, 4.69) is 15.2 Å². The summed E-state index contributed by atoms with van der Waals surface area (Å²) >= 11 is 14.8. The number of benzene rings is 2. The number of carbonyl (C=O) groups excluding carboxylic acids is 2. The van der Waals surface area contributed by atoms with Crippen LogP contribution in [0.25, 0.3) is 11.0 Å². The zero-order valence-corrected chi connectivity index (χ0v) is 22.9. The van der Waals surface area contributed by atoms with Crippen molar-refractivity contribution in [1.29, 1.82) is 0 Å². The second kappa shape index (κ2) is 10.5. The van der Waals surface area contributed by atoms with Crippen molar-refractivity contribution >= 4 is 74.1 Å². The number of hydrogen-bond donors (Lipinski definition) is 1. The first-order valence-corrected chi connectivity index (χ1v) is 14.1. The van der Waals surface area contributed by atoms with Gasteiger partial charge >= 0.3 is 0 Å². The Bertz CT molecular complexity index is 1740. The van der Waals surface area contributed by atoms with Gasteiger partial charge in [0.25, 0.3) is 5.91 Å². The number of furan rings is 1. The number of hydrogen-bond acceptors (Lipinski definition) is 9. The summed E-state index contributed by atoms with van der Waals surface area (Å²) in [4.78, 5) is 32.5. The SMILES string of the molecule is O=C(C1=C(O)C(=O)N(c2nnc(SCc3ccc(Cl)cc3Cl)s2)C1c1cccnc1)c1cc2ccccc2o1. The maximum Gasteiger partial charge on any atom is 0.296 e. The summed E-state index contributed by atoms with van der Waals surface area (Å²) in [5.41, 5.74) is 1.79. The van der Waals surface area contributed by atoms with Crippen molar-refractivity contribution in [2.45, 2.75) is 16.1 Å². The maximum atomic E-state index is 13.7. The molecule has 5 aromatic rings. The Morgan fingerprint density at radius 1 is 1.10 bits per heavy atom. The highest BCUT2D eigenvalue weighted by atomic mass is 35.5. The molecule has 12 heteroatoms. The third kappa shape index (κ3) is 4.80. The molecular formula is C27H16Cl2N4O4S2. The van der Waals surface area contributed by atoms with Gasteiger partial charge in [-0.25, -0.2) is 0 Å². The molecule has 1 aliphatic heterocycles. The number of aliphatic hydroxyl groups is 1. The Morgan fingerprint density at radius 2 is 1.95 bits per heavy atom. The van der Waals surface area contributed by atoms with Crippen LogP contribution in [0, 0.1) is 0 Å². The Kier molecular flexibility index (Phi) is 6.86. The Labute approximate surface area is 239 Å². The molecule has 3 aromatic heterocycles. The van der Waals surface area contributed by atoms with Gasteiger partial charge in [0, 0.05) is 33.6 Å². The summed E-state index contributed by atoms with van der Waals surface area (Å²) in [7, 11) is 0. The van der Waals surface area contributed by atoms with Crippen molar-refractivity contribution in [3.8, 4) is 0 Å². The van der Waals surface area contributed by atoms with Gasteiger partial charge in [-0.3, -0.25) is 19.5 Å². The molecule has 194 valence electrons. The minimum Gasteiger partial charge on any atom is -0.503 e. The number of halogens is 2. The predicted octanol–water partition coefficient (Wildman–Crippen LogP) is 7.06. The summed E-state index contributed by atoms with van der Waals surface area (Å²) in [6.45, 7) is 0. The van der Waals surface area contributed by atoms with Crippen LogP contribution in [0.1, 0.15) is 27.7 Å². The normalized spacial score (nSPS) is 15.5. The minimum atomic E-state index is -0.983. The van der Waals surface area contributed by atoms with Crippen molar-refractivity contribution in [2.75, 3.05) is 4.90 Å². The number of aromatic nitrogens is 3. The van der Waals surface area contributed by atoms with Crippen molar-refractivity contribution < 1.29 is 19.1 Å². The van der Waals surface area contributed by atoms with E-state index >= 15 is 0 Å². The summed E-state index contributed by atoms with van der Waals surface area (Å²) < 4.78 is 6.33. The molecule has 1 amide bonds. The van der Waals surface area contributed by atoms with E-state index in [-0.39, 0.29) is 16.5 Å². The quantitative estimate of drug-likeness (QED) is 0.121. The van der Waals surface area contributed by atoms with Crippen LogP contribution in [0.3, 0.4) is 0 Å². The highest BCUT2D eigenvalue weighted by molar-refractivity contribution is 8.00. The van der Waals surface area contributed by atoms with E-state index in [1.165, 1.54) is 22.9 Å². The van der Waals surface area contributed by atoms with Crippen LogP contribution in [0.5, 0.6) is 0 Å². The minimum absolute atomic E-state index is 0.00893. The molecule has 39 heavy (non-hydrogen) atoms. The first kappa shape index (κ1) is 25.6. The van der Waals surface area contributed by atoms with E-state index in [0.29, 0.717) is 31.3 Å². The van der Waals surface area contributed by atoms with Crippen LogP contribution in [0.2, 0.25) is 10.0 Å². The lowest BCUT2D eigenvalue weighted by Crippen LogP contribution is -2.31. The van der Waals surface area contributed by atoms with Crippen LogP contribution >= 0.6 is 46.3 Å². The number of Topliss-reactive ketones (excluding diaryl/α,β-unsaturated/α-hetero) is 1. The molecule has 4 heterocycles. The molecule has 1 unspecified atom stereocenters. The van der Waals surface area contributed by atoms with Crippen LogP contribution in [0.4, 0.5) is 5.13 Å². The van der Waals surface area contributed by atoms with E-state index in [1.807, 2.05) is 18.2 Å². The number of carbonyl (C=O) groups is 2. The molecule has 0 aliphatic carbocycles. The van der Waals surface area contributed by atoms with Gasteiger partial charge in [-0.05, 0) is 41.5 Å². The van der Waals surface area contributed by atoms with E-state index in [1.54, 1.807) is 48.7 Å². The number of fused-ring (bicyclic) bond motifs is 1. The molecule has 2 aromatic carbocycles. The Hall–Kier alpha value is -3.70. The van der Waals surface area contributed by atoms with Crippen LogP contribution < -0.4 is 4.90 Å². The lowest BCUT2D eigenvalue weighted by molar-refractivity contribution is -0.117. The van der Waals surface area contributed by atoms with Crippen molar-refractivity contribution in [1.82, 2.24) is 15.2 Å². The smallest absolute Gasteiger partial charge is 0.296 e. The highest BCUT2D eigenvalue weighted by Crippen LogP contribution is 2.44. The van der Waals surface area contributed by atoms with E-state index < -0.39 is 23.5 Å². The van der Waals surface area contributed by atoms with Gasteiger partial charge in [-0.1, -0.05) is 76.6 Å². The lowest BCUT2D eigenvalue weighted by Gasteiger charge is -2.23. The monoisotopic (exact) mass is 594 g/mol. The number of para-hydroxylation sites is 1. The first-order chi connectivity index (χ1) is 18.9. The fraction of sp³-hybridized carbons (Fsp3) is 0.0741. The molecule has 0 saturated carbocycles. The van der Waals surface area contributed by atoms with E-state index in [4.69, 9.17) is 27.6 Å². The van der Waals surface area contributed by atoms with Gasteiger partial charge < -0.3 is 9.52 Å². The number of amides is 1. The van der Waals surface area contributed by atoms with Crippen molar-refractivity contribution in [3.05, 3.63) is 111 Å². The van der Waals surface area contributed by atoms with Gasteiger partial charge in [0.2, 0.25) is 10.9 Å². The number of rotatable bonds is 7. The van der Waals surface area contributed by atoms with Gasteiger partial charge in [0.05, 0.1) is 11.6 Å². The molecule has 0 bridgehead atoms.